The summed E-state index contributed by atoms with van der Waals surface area (Å²) in [5.41, 5.74) is 15.1. The number of nitrogens with zero attached hydrogens (tertiary/aromatic N) is 4. The van der Waals surface area contributed by atoms with Gasteiger partial charge in [-0.2, -0.15) is 5.26 Å². The monoisotopic (exact) mass is 660 g/mol. The highest BCUT2D eigenvalue weighted by Gasteiger charge is 2.52. The molecule has 0 atom stereocenters. The van der Waals surface area contributed by atoms with Crippen LogP contribution in [0.15, 0.2) is 170 Å². The molecule has 240 valence electrons. The quantitative estimate of drug-likeness (QED) is 0.189. The van der Waals surface area contributed by atoms with Gasteiger partial charge >= 0.3 is 0 Å². The van der Waals surface area contributed by atoms with Crippen LogP contribution in [-0.2, 0) is 5.41 Å². The zero-order chi connectivity index (χ0) is 34.4. The summed E-state index contributed by atoms with van der Waals surface area (Å²) < 4.78 is 2.28. The van der Waals surface area contributed by atoms with Gasteiger partial charge in [0.05, 0.1) is 33.8 Å². The Morgan fingerprint density at radius 3 is 1.83 bits per heavy atom. The predicted molar refractivity (Wildman–Crippen MR) is 208 cm³/mol. The summed E-state index contributed by atoms with van der Waals surface area (Å²) >= 11 is 0. The van der Waals surface area contributed by atoms with Crippen LogP contribution in [0.2, 0.25) is 0 Å². The maximum atomic E-state index is 10.1. The molecule has 0 unspecified atom stereocenters. The van der Waals surface area contributed by atoms with E-state index in [9.17, 15) is 5.26 Å². The van der Waals surface area contributed by atoms with Gasteiger partial charge in [0, 0.05) is 28.0 Å². The van der Waals surface area contributed by atoms with Crippen molar-refractivity contribution in [1.29, 1.82) is 5.26 Å². The SMILES string of the molecule is N#Cc1ccccc1-c1nc(-c2ccccc2)cc(-n2c3ccccc3c3c4c(ccc32)C2(c3ccccc3-c3ccccc32)c2ccccc2-4)n1. The highest BCUT2D eigenvalue weighted by Crippen LogP contribution is 2.64. The van der Waals surface area contributed by atoms with E-state index in [1.807, 2.05) is 42.5 Å². The molecule has 2 aromatic heterocycles. The number of benzene rings is 7. The lowest BCUT2D eigenvalue weighted by Gasteiger charge is -2.30. The van der Waals surface area contributed by atoms with Gasteiger partial charge < -0.3 is 0 Å². The minimum atomic E-state index is -0.430. The van der Waals surface area contributed by atoms with E-state index in [0.717, 1.165) is 28.1 Å². The first-order valence-electron chi connectivity index (χ1n) is 17.6. The van der Waals surface area contributed by atoms with Gasteiger partial charge in [0.15, 0.2) is 5.82 Å². The van der Waals surface area contributed by atoms with Crippen LogP contribution in [0, 0.1) is 11.3 Å². The summed E-state index contributed by atoms with van der Waals surface area (Å²) in [5, 5.41) is 12.4. The van der Waals surface area contributed by atoms with Crippen LogP contribution in [0.3, 0.4) is 0 Å². The van der Waals surface area contributed by atoms with E-state index in [2.05, 4.69) is 138 Å². The third-order valence-corrected chi connectivity index (χ3v) is 11.1. The van der Waals surface area contributed by atoms with Crippen LogP contribution in [0.5, 0.6) is 0 Å². The highest BCUT2D eigenvalue weighted by atomic mass is 15.1. The Morgan fingerprint density at radius 2 is 1.10 bits per heavy atom. The maximum Gasteiger partial charge on any atom is 0.163 e. The van der Waals surface area contributed by atoms with E-state index in [4.69, 9.17) is 9.97 Å². The second-order valence-electron chi connectivity index (χ2n) is 13.6. The maximum absolute atomic E-state index is 10.1. The standard InChI is InChI=1S/C48H28N4/c49-29-31-16-4-5-17-32(31)47-50-41(30-14-2-1-3-15-30)28-44(51-47)52-42-25-13-9-21-36(42)46-43(52)27-26-40-45(46)35-20-8-12-24-39(35)48(40)37-22-10-6-18-33(37)34-19-7-11-23-38(34)48/h1-28H. The number of aromatic nitrogens is 3. The Kier molecular flexibility index (Phi) is 5.91. The first-order chi connectivity index (χ1) is 25.8. The minimum absolute atomic E-state index is 0.430. The third-order valence-electron chi connectivity index (χ3n) is 11.1. The van der Waals surface area contributed by atoms with E-state index in [1.165, 1.54) is 55.3 Å². The molecule has 4 nitrogen and oxygen atoms in total. The molecule has 7 aromatic carbocycles. The summed E-state index contributed by atoms with van der Waals surface area (Å²) in [7, 11) is 0. The summed E-state index contributed by atoms with van der Waals surface area (Å²) in [4.78, 5) is 10.3. The molecule has 0 aliphatic heterocycles. The molecule has 0 fully saturated rings. The largest absolute Gasteiger partial charge is 0.294 e. The van der Waals surface area contributed by atoms with Crippen LogP contribution in [-0.4, -0.2) is 14.5 Å². The van der Waals surface area contributed by atoms with Crippen molar-refractivity contribution < 1.29 is 0 Å². The molecule has 1 spiro atoms. The van der Waals surface area contributed by atoms with E-state index < -0.39 is 5.41 Å². The molecule has 9 aromatic rings. The fourth-order valence-electron chi connectivity index (χ4n) is 9.09. The number of fused-ring (bicyclic) bond motifs is 14. The normalized spacial score (nSPS) is 13.1. The Balaban J connectivity index is 1.26. The van der Waals surface area contributed by atoms with E-state index in [1.54, 1.807) is 0 Å². The Labute approximate surface area is 300 Å². The topological polar surface area (TPSA) is 54.5 Å². The van der Waals surface area contributed by atoms with Gasteiger partial charge in [-0.25, -0.2) is 9.97 Å². The lowest BCUT2D eigenvalue weighted by molar-refractivity contribution is 0.794. The predicted octanol–water partition coefficient (Wildman–Crippen LogP) is 11.1. The van der Waals surface area contributed by atoms with Crippen molar-refractivity contribution in [2.24, 2.45) is 0 Å². The lowest BCUT2D eigenvalue weighted by Crippen LogP contribution is -2.25. The molecule has 0 saturated carbocycles. The molecule has 11 rings (SSSR count). The highest BCUT2D eigenvalue weighted by molar-refractivity contribution is 6.18. The summed E-state index contributed by atoms with van der Waals surface area (Å²) in [5.74, 6) is 1.27. The molecule has 0 saturated heterocycles. The first-order valence-corrected chi connectivity index (χ1v) is 17.6. The molecule has 52 heavy (non-hydrogen) atoms. The molecule has 4 heteroatoms. The van der Waals surface area contributed by atoms with Crippen molar-refractivity contribution in [3.8, 4) is 56.8 Å². The zero-order valence-corrected chi connectivity index (χ0v) is 28.0. The average Bonchev–Trinajstić information content (AvgIpc) is 3.83. The van der Waals surface area contributed by atoms with Crippen LogP contribution in [0.4, 0.5) is 0 Å². The van der Waals surface area contributed by atoms with Crippen LogP contribution in [0.25, 0.3) is 72.5 Å². The first kappa shape index (κ1) is 28.7. The summed E-state index contributed by atoms with van der Waals surface area (Å²) in [6.07, 6.45) is 0. The van der Waals surface area contributed by atoms with Crippen LogP contribution >= 0.6 is 0 Å². The molecule has 2 aliphatic carbocycles. The summed E-state index contributed by atoms with van der Waals surface area (Å²) in [6, 6.07) is 62.3. The number of hydrogen-bond donors (Lipinski definition) is 0. The molecular formula is C48H28N4. The van der Waals surface area contributed by atoms with Gasteiger partial charge in [-0.1, -0.05) is 140 Å². The van der Waals surface area contributed by atoms with Crippen molar-refractivity contribution in [1.82, 2.24) is 14.5 Å². The van der Waals surface area contributed by atoms with Crippen LogP contribution in [0.1, 0.15) is 27.8 Å². The van der Waals surface area contributed by atoms with E-state index >= 15 is 0 Å². The van der Waals surface area contributed by atoms with Gasteiger partial charge in [-0.05, 0) is 68.8 Å². The van der Waals surface area contributed by atoms with Gasteiger partial charge in [-0.3, -0.25) is 4.57 Å². The minimum Gasteiger partial charge on any atom is -0.294 e. The molecule has 0 amide bonds. The van der Waals surface area contributed by atoms with E-state index in [0.29, 0.717) is 17.0 Å². The molecule has 0 radical (unpaired) electrons. The van der Waals surface area contributed by atoms with Crippen molar-refractivity contribution in [3.63, 3.8) is 0 Å². The van der Waals surface area contributed by atoms with Gasteiger partial charge in [0.25, 0.3) is 0 Å². The van der Waals surface area contributed by atoms with E-state index in [-0.39, 0.29) is 0 Å². The smallest absolute Gasteiger partial charge is 0.163 e. The van der Waals surface area contributed by atoms with Crippen molar-refractivity contribution >= 4 is 21.8 Å². The summed E-state index contributed by atoms with van der Waals surface area (Å²) in [6.45, 7) is 0. The zero-order valence-electron chi connectivity index (χ0n) is 28.0. The number of hydrogen-bond acceptors (Lipinski definition) is 3. The second-order valence-corrected chi connectivity index (χ2v) is 13.6. The molecule has 0 N–H and O–H groups in total. The van der Waals surface area contributed by atoms with Crippen molar-refractivity contribution in [3.05, 3.63) is 198 Å². The molecule has 0 bridgehead atoms. The lowest BCUT2D eigenvalue weighted by atomic mass is 9.70. The van der Waals surface area contributed by atoms with Gasteiger partial charge in [0.1, 0.15) is 5.82 Å². The van der Waals surface area contributed by atoms with Gasteiger partial charge in [0.2, 0.25) is 0 Å². The number of para-hydroxylation sites is 1. The fraction of sp³-hybridized carbons (Fsp3) is 0.0208. The third kappa shape index (κ3) is 3.69. The fourth-order valence-corrected chi connectivity index (χ4v) is 9.09. The molecular weight excluding hydrogens is 633 g/mol. The Hall–Kier alpha value is -7.09. The Morgan fingerprint density at radius 1 is 0.500 bits per heavy atom. The van der Waals surface area contributed by atoms with Crippen LogP contribution < -0.4 is 0 Å². The Bertz CT molecular complexity index is 2940. The van der Waals surface area contributed by atoms with Gasteiger partial charge in [-0.15, -0.1) is 0 Å². The molecule has 2 aliphatic rings. The second kappa shape index (κ2) is 10.7. The number of rotatable bonds is 3. The van der Waals surface area contributed by atoms with Crippen molar-refractivity contribution in [2.75, 3.05) is 0 Å². The number of nitriles is 1. The molecule has 2 heterocycles. The average molecular weight is 661 g/mol. The van der Waals surface area contributed by atoms with Crippen molar-refractivity contribution in [2.45, 2.75) is 5.41 Å².